The van der Waals surface area contributed by atoms with E-state index in [1.54, 1.807) is 0 Å². The van der Waals surface area contributed by atoms with Crippen molar-refractivity contribution < 1.29 is 0 Å². The Bertz CT molecular complexity index is 771. The lowest BCUT2D eigenvalue weighted by atomic mass is 10.1. The molecule has 2 nitrogen and oxygen atoms in total. The van der Waals surface area contributed by atoms with E-state index >= 15 is 0 Å². The molecule has 1 aliphatic rings. The number of rotatable bonds is 0. The third-order valence-corrected chi connectivity index (χ3v) is 7.67. The molecule has 0 amide bonds. The highest BCUT2D eigenvalue weighted by Gasteiger charge is 2.38. The van der Waals surface area contributed by atoms with Crippen molar-refractivity contribution >= 4 is 29.5 Å². The van der Waals surface area contributed by atoms with Gasteiger partial charge in [0.25, 0.3) is 0 Å². The third-order valence-electron chi connectivity index (χ3n) is 4.10. The van der Waals surface area contributed by atoms with Gasteiger partial charge in [-0.2, -0.15) is 0 Å². The second kappa shape index (κ2) is 3.12. The molecule has 0 unspecified atom stereocenters. The SMILES string of the molecule is C[Si]1(C)c2ccccc2-c2cnc3[nH]ccc3c21. The maximum absolute atomic E-state index is 4.54. The van der Waals surface area contributed by atoms with E-state index in [0.29, 0.717) is 0 Å². The van der Waals surface area contributed by atoms with Crippen molar-refractivity contribution in [3.05, 3.63) is 42.7 Å². The maximum atomic E-state index is 4.54. The number of H-pyrrole nitrogens is 1. The first-order chi connectivity index (χ1) is 8.69. The van der Waals surface area contributed by atoms with Crippen molar-refractivity contribution in [3.8, 4) is 11.1 Å². The lowest BCUT2D eigenvalue weighted by Gasteiger charge is -2.19. The van der Waals surface area contributed by atoms with E-state index in [4.69, 9.17) is 0 Å². The minimum absolute atomic E-state index is 1.02. The Labute approximate surface area is 107 Å². The monoisotopic (exact) mass is 250 g/mol. The second-order valence-corrected chi connectivity index (χ2v) is 9.75. The highest BCUT2D eigenvalue weighted by Crippen LogP contribution is 2.30. The van der Waals surface area contributed by atoms with Crippen LogP contribution >= 0.6 is 0 Å². The molecule has 0 fully saturated rings. The maximum Gasteiger partial charge on any atom is 0.137 e. The van der Waals surface area contributed by atoms with Crippen molar-refractivity contribution in [1.29, 1.82) is 0 Å². The standard InChI is InChI=1S/C15H14N2Si/c1-18(2)13-6-4-3-5-10(13)12-9-17-15-11(14(12)18)7-8-16-15/h3-9H,1-2H3,(H,16,17). The van der Waals surface area contributed by atoms with Crippen molar-refractivity contribution in [2.45, 2.75) is 13.1 Å². The summed E-state index contributed by atoms with van der Waals surface area (Å²) in [7, 11) is -1.57. The average molecular weight is 250 g/mol. The molecule has 0 spiro atoms. The van der Waals surface area contributed by atoms with Gasteiger partial charge in [0.15, 0.2) is 0 Å². The average Bonchev–Trinajstić information content (AvgIpc) is 2.92. The molecule has 0 bridgehead atoms. The molecule has 0 atom stereocenters. The first-order valence-electron chi connectivity index (χ1n) is 6.26. The molecule has 1 aromatic carbocycles. The van der Waals surface area contributed by atoms with Gasteiger partial charge in [-0.25, -0.2) is 4.98 Å². The molecule has 3 heteroatoms. The van der Waals surface area contributed by atoms with Crippen LogP contribution in [0.3, 0.4) is 0 Å². The summed E-state index contributed by atoms with van der Waals surface area (Å²) in [4.78, 5) is 7.77. The van der Waals surface area contributed by atoms with Crippen LogP contribution in [0.25, 0.3) is 22.2 Å². The van der Waals surface area contributed by atoms with Gasteiger partial charge in [-0.1, -0.05) is 37.4 Å². The Morgan fingerprint density at radius 1 is 1.06 bits per heavy atom. The molecule has 18 heavy (non-hydrogen) atoms. The number of pyridine rings is 1. The lowest BCUT2D eigenvalue weighted by Crippen LogP contribution is -2.49. The number of fused-ring (bicyclic) bond motifs is 5. The van der Waals surface area contributed by atoms with E-state index in [9.17, 15) is 0 Å². The van der Waals surface area contributed by atoms with Gasteiger partial charge in [0.1, 0.15) is 13.7 Å². The van der Waals surface area contributed by atoms with E-state index < -0.39 is 8.07 Å². The van der Waals surface area contributed by atoms with Gasteiger partial charge in [-0.05, 0) is 22.0 Å². The van der Waals surface area contributed by atoms with Crippen LogP contribution in [0.2, 0.25) is 13.1 Å². The van der Waals surface area contributed by atoms with E-state index in [0.717, 1.165) is 5.65 Å². The van der Waals surface area contributed by atoms with Crippen LogP contribution in [-0.4, -0.2) is 18.0 Å². The summed E-state index contributed by atoms with van der Waals surface area (Å²) < 4.78 is 0. The molecule has 0 saturated carbocycles. The van der Waals surface area contributed by atoms with Crippen LogP contribution < -0.4 is 10.4 Å². The van der Waals surface area contributed by atoms with Crippen molar-refractivity contribution in [2.24, 2.45) is 0 Å². The molecule has 0 aliphatic carbocycles. The highest BCUT2D eigenvalue weighted by molar-refractivity contribution is 7.05. The van der Waals surface area contributed by atoms with Crippen molar-refractivity contribution in [2.75, 3.05) is 0 Å². The van der Waals surface area contributed by atoms with E-state index in [1.165, 1.54) is 26.9 Å². The predicted octanol–water partition coefficient (Wildman–Crippen LogP) is 2.37. The first-order valence-corrected chi connectivity index (χ1v) is 9.26. The van der Waals surface area contributed by atoms with Gasteiger partial charge in [0.2, 0.25) is 0 Å². The summed E-state index contributed by atoms with van der Waals surface area (Å²) in [5, 5.41) is 4.38. The van der Waals surface area contributed by atoms with Crippen LogP contribution in [-0.2, 0) is 0 Å². The molecule has 1 N–H and O–H groups in total. The van der Waals surface area contributed by atoms with Crippen LogP contribution in [0, 0.1) is 0 Å². The molecule has 1 aliphatic heterocycles. The summed E-state index contributed by atoms with van der Waals surface area (Å²) in [6.07, 6.45) is 4.03. The molecule has 4 rings (SSSR count). The topological polar surface area (TPSA) is 28.7 Å². The molecular weight excluding hydrogens is 236 g/mol. The minimum atomic E-state index is -1.57. The van der Waals surface area contributed by atoms with Gasteiger partial charge < -0.3 is 4.98 Å². The number of nitrogens with zero attached hydrogens (tertiary/aromatic N) is 1. The zero-order chi connectivity index (χ0) is 12.3. The number of hydrogen-bond donors (Lipinski definition) is 1. The van der Waals surface area contributed by atoms with E-state index in [1.807, 2.05) is 12.4 Å². The largest absolute Gasteiger partial charge is 0.346 e. The van der Waals surface area contributed by atoms with E-state index in [2.05, 4.69) is 53.4 Å². The zero-order valence-electron chi connectivity index (χ0n) is 10.5. The highest BCUT2D eigenvalue weighted by atomic mass is 28.3. The molecule has 2 aromatic heterocycles. The first kappa shape index (κ1) is 10.1. The molecule has 3 heterocycles. The Morgan fingerprint density at radius 2 is 1.89 bits per heavy atom. The summed E-state index contributed by atoms with van der Waals surface area (Å²) in [5.74, 6) is 0. The van der Waals surface area contributed by atoms with Crippen LogP contribution in [0.4, 0.5) is 0 Å². The van der Waals surface area contributed by atoms with Crippen LogP contribution in [0.5, 0.6) is 0 Å². The fourth-order valence-electron chi connectivity index (χ4n) is 3.28. The number of hydrogen-bond acceptors (Lipinski definition) is 1. The Balaban J connectivity index is 2.21. The van der Waals surface area contributed by atoms with Crippen molar-refractivity contribution in [3.63, 3.8) is 0 Å². The molecule has 0 saturated heterocycles. The number of benzene rings is 1. The number of aromatic nitrogens is 2. The number of aromatic amines is 1. The van der Waals surface area contributed by atoms with Crippen molar-refractivity contribution in [1.82, 2.24) is 9.97 Å². The van der Waals surface area contributed by atoms with Gasteiger partial charge >= 0.3 is 0 Å². The fraction of sp³-hybridized carbons (Fsp3) is 0.133. The zero-order valence-corrected chi connectivity index (χ0v) is 11.5. The lowest BCUT2D eigenvalue weighted by molar-refractivity contribution is 1.33. The Morgan fingerprint density at radius 3 is 2.78 bits per heavy atom. The smallest absolute Gasteiger partial charge is 0.137 e. The summed E-state index contributed by atoms with van der Waals surface area (Å²) in [6, 6.07) is 11.0. The quantitative estimate of drug-likeness (QED) is 0.610. The predicted molar refractivity (Wildman–Crippen MR) is 78.3 cm³/mol. The van der Waals surface area contributed by atoms with Gasteiger partial charge in [-0.15, -0.1) is 0 Å². The molecule has 0 radical (unpaired) electrons. The Kier molecular flexibility index (Phi) is 1.75. The summed E-state index contributed by atoms with van der Waals surface area (Å²) in [5.41, 5.74) is 3.75. The van der Waals surface area contributed by atoms with E-state index in [-0.39, 0.29) is 0 Å². The Hall–Kier alpha value is -1.87. The molecule has 88 valence electrons. The minimum Gasteiger partial charge on any atom is -0.346 e. The van der Waals surface area contributed by atoms with Crippen LogP contribution in [0.15, 0.2) is 42.7 Å². The van der Waals surface area contributed by atoms with Gasteiger partial charge in [0, 0.05) is 23.3 Å². The fourth-order valence-corrected chi connectivity index (χ4v) is 6.70. The van der Waals surface area contributed by atoms with Crippen LogP contribution in [0.1, 0.15) is 0 Å². The molecular formula is C15H14N2Si. The third kappa shape index (κ3) is 1.05. The molecule has 3 aromatic rings. The normalized spacial score (nSPS) is 15.7. The second-order valence-electron chi connectivity index (χ2n) is 5.46. The van der Waals surface area contributed by atoms with Gasteiger partial charge in [0.05, 0.1) is 0 Å². The number of nitrogens with one attached hydrogen (secondary N) is 1. The summed E-state index contributed by atoms with van der Waals surface area (Å²) >= 11 is 0. The van der Waals surface area contributed by atoms with Gasteiger partial charge in [-0.3, -0.25) is 0 Å². The summed E-state index contributed by atoms with van der Waals surface area (Å²) in [6.45, 7) is 4.87.